The normalized spacial score (nSPS) is 12.1. The van der Waals surface area contributed by atoms with Crippen LogP contribution in [0.5, 0.6) is 11.5 Å². The third kappa shape index (κ3) is 5.48. The van der Waals surface area contributed by atoms with Crippen LogP contribution in [0, 0.1) is 3.57 Å². The highest BCUT2D eigenvalue weighted by atomic mass is 127. The van der Waals surface area contributed by atoms with Crippen LogP contribution in [0.1, 0.15) is 0 Å². The first kappa shape index (κ1) is 17.7. The molecule has 23 heavy (non-hydrogen) atoms. The second kappa shape index (κ2) is 6.46. The molecule has 0 saturated heterocycles. The average Bonchev–Trinajstić information content (AvgIpc) is 2.36. The first-order chi connectivity index (χ1) is 10.5. The Balaban J connectivity index is 2.22. The Hall–Kier alpha value is -1.65. The monoisotopic (exact) mass is 448 g/mol. The third-order valence-corrected chi connectivity index (χ3v) is 3.47. The summed E-state index contributed by atoms with van der Waals surface area (Å²) >= 11 is 1.81. The van der Waals surface area contributed by atoms with Gasteiger partial charge in [0.25, 0.3) is 0 Å². The molecule has 0 spiro atoms. The molecule has 0 fully saturated rings. The molecule has 0 N–H and O–H groups in total. The lowest BCUT2D eigenvalue weighted by atomic mass is 10.1. The lowest BCUT2D eigenvalue weighted by molar-refractivity contribution is -0.275. The topological polar surface area (TPSA) is 18.5 Å². The van der Waals surface area contributed by atoms with Crippen LogP contribution in [-0.4, -0.2) is 12.7 Å². The van der Waals surface area contributed by atoms with E-state index in [1.54, 1.807) is 0 Å². The number of ether oxygens (including phenoxy) is 2. The molecule has 0 bridgehead atoms. The number of benzene rings is 2. The average molecular weight is 448 g/mol. The fourth-order valence-electron chi connectivity index (χ4n) is 1.76. The lowest BCUT2D eigenvalue weighted by Crippen LogP contribution is -2.17. The summed E-state index contributed by atoms with van der Waals surface area (Å²) < 4.78 is 80.7. The fourth-order valence-corrected chi connectivity index (χ4v) is 2.56. The van der Waals surface area contributed by atoms with Crippen molar-refractivity contribution in [1.29, 1.82) is 0 Å². The predicted molar refractivity (Wildman–Crippen MR) is 78.0 cm³/mol. The molecule has 0 unspecified atom stereocenters. The minimum Gasteiger partial charge on any atom is -0.406 e. The van der Waals surface area contributed by atoms with Crippen LogP contribution >= 0.6 is 22.6 Å². The zero-order valence-electron chi connectivity index (χ0n) is 11.0. The summed E-state index contributed by atoms with van der Waals surface area (Å²) in [5.74, 6) is -0.754. The van der Waals surface area contributed by atoms with E-state index in [4.69, 9.17) is 0 Å². The number of halogens is 7. The molecule has 9 heteroatoms. The standard InChI is InChI=1S/C14H7F6IO2/c15-13(16,17)22-9-3-1-8(2-4-9)11-6-5-10(7-12(11)21)23-14(18,19)20/h1-7H. The summed E-state index contributed by atoms with van der Waals surface area (Å²) in [5, 5.41) is 0. The minimum atomic E-state index is -4.79. The first-order valence-electron chi connectivity index (χ1n) is 5.95. The Morgan fingerprint density at radius 3 is 1.65 bits per heavy atom. The van der Waals surface area contributed by atoms with E-state index in [-0.39, 0.29) is 11.5 Å². The second-order valence-electron chi connectivity index (χ2n) is 4.26. The van der Waals surface area contributed by atoms with Gasteiger partial charge in [0.1, 0.15) is 11.5 Å². The third-order valence-electron chi connectivity index (χ3n) is 2.57. The van der Waals surface area contributed by atoms with Gasteiger partial charge in [-0.25, -0.2) is 0 Å². The highest BCUT2D eigenvalue weighted by molar-refractivity contribution is 14.1. The molecule has 2 aromatic rings. The maximum absolute atomic E-state index is 12.1. The van der Waals surface area contributed by atoms with Crippen molar-refractivity contribution in [2.45, 2.75) is 12.7 Å². The lowest BCUT2D eigenvalue weighted by Gasteiger charge is -2.12. The highest BCUT2D eigenvalue weighted by Crippen LogP contribution is 2.32. The van der Waals surface area contributed by atoms with Crippen molar-refractivity contribution in [3.8, 4) is 22.6 Å². The van der Waals surface area contributed by atoms with Gasteiger partial charge in [0.2, 0.25) is 0 Å². The summed E-state index contributed by atoms with van der Waals surface area (Å²) in [7, 11) is 0. The van der Waals surface area contributed by atoms with Gasteiger partial charge in [-0.1, -0.05) is 12.1 Å². The van der Waals surface area contributed by atoms with Gasteiger partial charge in [-0.3, -0.25) is 0 Å². The zero-order chi connectivity index (χ0) is 17.3. The van der Waals surface area contributed by atoms with Crippen molar-refractivity contribution in [2.75, 3.05) is 0 Å². The molecule has 0 atom stereocenters. The van der Waals surface area contributed by atoms with Gasteiger partial charge in [-0.15, -0.1) is 26.3 Å². The van der Waals surface area contributed by atoms with Crippen LogP contribution in [0.4, 0.5) is 26.3 Å². The van der Waals surface area contributed by atoms with Crippen molar-refractivity contribution in [3.63, 3.8) is 0 Å². The van der Waals surface area contributed by atoms with Crippen molar-refractivity contribution >= 4 is 22.6 Å². The molecular formula is C14H7F6IO2. The summed E-state index contributed by atoms with van der Waals surface area (Å²) in [6.07, 6.45) is -9.58. The van der Waals surface area contributed by atoms with Gasteiger partial charge in [0.05, 0.1) is 0 Å². The quantitative estimate of drug-likeness (QED) is 0.440. The van der Waals surface area contributed by atoms with Gasteiger partial charge < -0.3 is 9.47 Å². The minimum absolute atomic E-state index is 0.373. The van der Waals surface area contributed by atoms with E-state index in [1.165, 1.54) is 24.3 Å². The molecule has 0 aromatic heterocycles. The SMILES string of the molecule is FC(F)(F)Oc1ccc(-c2ccc(OC(F)(F)F)cc2I)cc1. The van der Waals surface area contributed by atoms with Crippen LogP contribution in [0.3, 0.4) is 0 Å². The Kier molecular flexibility index (Phi) is 4.97. The zero-order valence-corrected chi connectivity index (χ0v) is 13.2. The van der Waals surface area contributed by atoms with Crippen molar-refractivity contribution in [3.05, 3.63) is 46.0 Å². The maximum Gasteiger partial charge on any atom is 0.573 e. The molecule has 124 valence electrons. The number of hydrogen-bond acceptors (Lipinski definition) is 2. The van der Waals surface area contributed by atoms with Gasteiger partial charge in [-0.05, 0) is 64.0 Å². The second-order valence-corrected chi connectivity index (χ2v) is 5.42. The van der Waals surface area contributed by atoms with E-state index >= 15 is 0 Å². The molecule has 2 aromatic carbocycles. The van der Waals surface area contributed by atoms with E-state index in [0.717, 1.165) is 18.2 Å². The molecule has 0 aliphatic rings. The Bertz CT molecular complexity index is 679. The molecule has 2 nitrogen and oxygen atoms in total. The Labute approximate surface area is 140 Å². The van der Waals surface area contributed by atoms with Crippen molar-refractivity contribution in [1.82, 2.24) is 0 Å². The van der Waals surface area contributed by atoms with E-state index in [0.29, 0.717) is 14.7 Å². The first-order valence-corrected chi connectivity index (χ1v) is 7.03. The molecule has 0 radical (unpaired) electrons. The summed E-state index contributed by atoms with van der Waals surface area (Å²) in [6.45, 7) is 0. The largest absolute Gasteiger partial charge is 0.573 e. The van der Waals surface area contributed by atoms with Crippen LogP contribution in [0.15, 0.2) is 42.5 Å². The molecule has 0 heterocycles. The molecule has 0 saturated carbocycles. The van der Waals surface area contributed by atoms with Crippen molar-refractivity contribution in [2.24, 2.45) is 0 Å². The van der Waals surface area contributed by atoms with Crippen LogP contribution in [0.2, 0.25) is 0 Å². The van der Waals surface area contributed by atoms with E-state index in [9.17, 15) is 26.3 Å². The van der Waals surface area contributed by atoms with Crippen LogP contribution in [0.25, 0.3) is 11.1 Å². The number of rotatable bonds is 3. The highest BCUT2D eigenvalue weighted by Gasteiger charge is 2.32. The van der Waals surface area contributed by atoms with E-state index in [1.807, 2.05) is 22.6 Å². The molecule has 0 aliphatic heterocycles. The van der Waals surface area contributed by atoms with E-state index < -0.39 is 12.7 Å². The van der Waals surface area contributed by atoms with Crippen LogP contribution < -0.4 is 9.47 Å². The van der Waals surface area contributed by atoms with Gasteiger partial charge in [0, 0.05) is 3.57 Å². The van der Waals surface area contributed by atoms with Crippen molar-refractivity contribution < 1.29 is 35.8 Å². The van der Waals surface area contributed by atoms with Gasteiger partial charge in [-0.2, -0.15) is 0 Å². The Morgan fingerprint density at radius 1 is 0.696 bits per heavy atom. The summed E-state index contributed by atoms with van der Waals surface area (Å²) in [6, 6.07) is 8.71. The predicted octanol–water partition coefficient (Wildman–Crippen LogP) is 5.76. The smallest absolute Gasteiger partial charge is 0.406 e. The number of hydrogen-bond donors (Lipinski definition) is 0. The summed E-state index contributed by atoms with van der Waals surface area (Å²) in [5.41, 5.74) is 1.08. The number of alkyl halides is 6. The van der Waals surface area contributed by atoms with Gasteiger partial charge in [0.15, 0.2) is 0 Å². The summed E-state index contributed by atoms with van der Waals surface area (Å²) in [4.78, 5) is 0. The Morgan fingerprint density at radius 2 is 1.17 bits per heavy atom. The molecule has 2 rings (SSSR count). The molecule has 0 amide bonds. The van der Waals surface area contributed by atoms with E-state index in [2.05, 4.69) is 9.47 Å². The molecular weight excluding hydrogens is 441 g/mol. The van der Waals surface area contributed by atoms with Gasteiger partial charge >= 0.3 is 12.7 Å². The molecule has 0 aliphatic carbocycles. The fraction of sp³-hybridized carbons (Fsp3) is 0.143. The van der Waals surface area contributed by atoms with Crippen LogP contribution in [-0.2, 0) is 0 Å². The maximum atomic E-state index is 12.1.